The minimum absolute atomic E-state index is 0.0163. The van der Waals surface area contributed by atoms with Crippen LogP contribution in [0.25, 0.3) is 0 Å². The molecule has 1 aliphatic rings. The number of rotatable bonds is 5. The maximum atomic E-state index is 12.0. The second-order valence-corrected chi connectivity index (χ2v) is 6.10. The number of aromatic nitrogens is 3. The molecule has 0 spiro atoms. The van der Waals surface area contributed by atoms with Crippen molar-refractivity contribution in [2.45, 2.75) is 31.0 Å². The Labute approximate surface area is 133 Å². The van der Waals surface area contributed by atoms with E-state index in [9.17, 15) is 4.79 Å². The highest BCUT2D eigenvalue weighted by atomic mass is 32.2. The smallest absolute Gasteiger partial charge is 0.234 e. The lowest BCUT2D eigenvalue weighted by Gasteiger charge is -2.06. The third-order valence-electron chi connectivity index (χ3n) is 3.47. The fourth-order valence-corrected chi connectivity index (χ4v) is 2.89. The molecular formula is C15H18N4O2S. The van der Waals surface area contributed by atoms with Crippen LogP contribution in [-0.2, 0) is 9.53 Å². The average Bonchev–Trinajstić information content (AvgIpc) is 3.18. The quantitative estimate of drug-likeness (QED) is 0.829. The van der Waals surface area contributed by atoms with Crippen LogP contribution in [0.15, 0.2) is 29.4 Å². The van der Waals surface area contributed by atoms with Crippen molar-refractivity contribution in [1.82, 2.24) is 15.2 Å². The predicted octanol–water partition coefficient (Wildman–Crippen LogP) is 2.70. The number of benzene rings is 1. The molecule has 0 unspecified atom stereocenters. The number of nitrogens with one attached hydrogen (secondary N) is 2. The summed E-state index contributed by atoms with van der Waals surface area (Å²) in [6.07, 6.45) is 2.03. The first-order valence-corrected chi connectivity index (χ1v) is 8.23. The van der Waals surface area contributed by atoms with Gasteiger partial charge in [0.15, 0.2) is 5.82 Å². The molecule has 6 nitrogen and oxygen atoms in total. The lowest BCUT2D eigenvalue weighted by Crippen LogP contribution is -2.14. The number of hydrogen-bond donors (Lipinski definition) is 2. The van der Waals surface area contributed by atoms with Gasteiger partial charge >= 0.3 is 0 Å². The zero-order chi connectivity index (χ0) is 15.4. The van der Waals surface area contributed by atoms with Gasteiger partial charge in [-0.25, -0.2) is 4.98 Å². The van der Waals surface area contributed by atoms with Gasteiger partial charge in [-0.3, -0.25) is 9.89 Å². The van der Waals surface area contributed by atoms with Crippen molar-refractivity contribution in [3.63, 3.8) is 0 Å². The summed E-state index contributed by atoms with van der Waals surface area (Å²) in [5.41, 5.74) is 1.88. The van der Waals surface area contributed by atoms with E-state index < -0.39 is 0 Å². The van der Waals surface area contributed by atoms with E-state index in [4.69, 9.17) is 4.74 Å². The summed E-state index contributed by atoms with van der Waals surface area (Å²) in [6, 6.07) is 7.70. The number of aromatic amines is 1. The predicted molar refractivity (Wildman–Crippen MR) is 84.8 cm³/mol. The highest BCUT2D eigenvalue weighted by molar-refractivity contribution is 7.99. The van der Waals surface area contributed by atoms with E-state index >= 15 is 0 Å². The molecule has 1 fully saturated rings. The molecular weight excluding hydrogens is 300 g/mol. The Kier molecular flexibility index (Phi) is 4.74. The summed E-state index contributed by atoms with van der Waals surface area (Å²) in [6.45, 7) is 2.73. The SMILES string of the molecule is Cc1ccccc1NC(=O)CSc1n[nH]c([C@@H]2CCCO2)n1. The summed E-state index contributed by atoms with van der Waals surface area (Å²) in [5.74, 6) is 0.957. The topological polar surface area (TPSA) is 79.9 Å². The van der Waals surface area contributed by atoms with Crippen LogP contribution in [0, 0.1) is 6.92 Å². The number of thioether (sulfide) groups is 1. The Morgan fingerprint density at radius 1 is 1.50 bits per heavy atom. The Morgan fingerprint density at radius 3 is 3.14 bits per heavy atom. The van der Waals surface area contributed by atoms with E-state index in [-0.39, 0.29) is 17.8 Å². The van der Waals surface area contributed by atoms with Gasteiger partial charge in [0.1, 0.15) is 6.10 Å². The van der Waals surface area contributed by atoms with Crippen LogP contribution in [0.4, 0.5) is 5.69 Å². The molecule has 1 aromatic heterocycles. The molecule has 1 amide bonds. The average molecular weight is 318 g/mol. The number of aryl methyl sites for hydroxylation is 1. The lowest BCUT2D eigenvalue weighted by atomic mass is 10.2. The largest absolute Gasteiger partial charge is 0.370 e. The number of H-pyrrole nitrogens is 1. The van der Waals surface area contributed by atoms with Crippen LogP contribution in [0.1, 0.15) is 30.3 Å². The second kappa shape index (κ2) is 6.93. The van der Waals surface area contributed by atoms with Crippen LogP contribution < -0.4 is 5.32 Å². The Bertz CT molecular complexity index is 652. The highest BCUT2D eigenvalue weighted by Gasteiger charge is 2.21. The number of nitrogens with zero attached hydrogens (tertiary/aromatic N) is 2. The van der Waals surface area contributed by atoms with Crippen molar-refractivity contribution < 1.29 is 9.53 Å². The molecule has 2 heterocycles. The molecule has 3 rings (SSSR count). The molecule has 0 radical (unpaired) electrons. The van der Waals surface area contributed by atoms with E-state index in [2.05, 4.69) is 20.5 Å². The van der Waals surface area contributed by atoms with Crippen molar-refractivity contribution in [1.29, 1.82) is 0 Å². The third-order valence-corrected chi connectivity index (χ3v) is 4.32. The zero-order valence-electron chi connectivity index (χ0n) is 12.3. The van der Waals surface area contributed by atoms with Gasteiger partial charge in [-0.05, 0) is 31.4 Å². The van der Waals surface area contributed by atoms with E-state index in [1.165, 1.54) is 11.8 Å². The molecule has 22 heavy (non-hydrogen) atoms. The van der Waals surface area contributed by atoms with Crippen molar-refractivity contribution >= 4 is 23.4 Å². The molecule has 1 aromatic carbocycles. The normalized spacial score (nSPS) is 17.6. The van der Waals surface area contributed by atoms with Gasteiger partial charge in [0.2, 0.25) is 11.1 Å². The van der Waals surface area contributed by atoms with Crippen molar-refractivity contribution in [3.8, 4) is 0 Å². The Balaban J connectivity index is 1.52. The number of carbonyl (C=O) groups is 1. The number of anilines is 1. The van der Waals surface area contributed by atoms with Crippen molar-refractivity contribution in [2.75, 3.05) is 17.7 Å². The van der Waals surface area contributed by atoms with Crippen LogP contribution >= 0.6 is 11.8 Å². The number of hydrogen-bond acceptors (Lipinski definition) is 5. The van der Waals surface area contributed by atoms with E-state index in [0.29, 0.717) is 5.16 Å². The maximum absolute atomic E-state index is 12.0. The first kappa shape index (κ1) is 15.1. The Hall–Kier alpha value is -1.86. The summed E-state index contributed by atoms with van der Waals surface area (Å²) in [5, 5.41) is 10.5. The monoisotopic (exact) mass is 318 g/mol. The van der Waals surface area contributed by atoms with E-state index in [0.717, 1.165) is 36.5 Å². The summed E-state index contributed by atoms with van der Waals surface area (Å²) >= 11 is 1.31. The van der Waals surface area contributed by atoms with Gasteiger partial charge in [-0.1, -0.05) is 30.0 Å². The van der Waals surface area contributed by atoms with Gasteiger partial charge in [0.25, 0.3) is 0 Å². The first-order valence-electron chi connectivity index (χ1n) is 7.24. The summed E-state index contributed by atoms with van der Waals surface area (Å²) < 4.78 is 5.55. The van der Waals surface area contributed by atoms with Crippen LogP contribution in [-0.4, -0.2) is 33.4 Å². The van der Waals surface area contributed by atoms with Gasteiger partial charge in [-0.15, -0.1) is 5.10 Å². The number of ether oxygens (including phenoxy) is 1. The van der Waals surface area contributed by atoms with Crippen LogP contribution in [0.3, 0.4) is 0 Å². The maximum Gasteiger partial charge on any atom is 0.234 e. The van der Waals surface area contributed by atoms with Gasteiger partial charge in [-0.2, -0.15) is 0 Å². The lowest BCUT2D eigenvalue weighted by molar-refractivity contribution is -0.113. The minimum Gasteiger partial charge on any atom is -0.370 e. The van der Waals surface area contributed by atoms with Gasteiger partial charge < -0.3 is 10.1 Å². The molecule has 7 heteroatoms. The summed E-state index contributed by atoms with van der Waals surface area (Å²) in [4.78, 5) is 16.4. The van der Waals surface area contributed by atoms with Gasteiger partial charge in [0, 0.05) is 12.3 Å². The second-order valence-electron chi connectivity index (χ2n) is 5.16. The van der Waals surface area contributed by atoms with E-state index in [1.807, 2.05) is 31.2 Å². The number of para-hydroxylation sites is 1. The summed E-state index contributed by atoms with van der Waals surface area (Å²) in [7, 11) is 0. The minimum atomic E-state index is -0.0669. The molecule has 2 N–H and O–H groups in total. The molecule has 0 bridgehead atoms. The van der Waals surface area contributed by atoms with Crippen molar-refractivity contribution in [2.24, 2.45) is 0 Å². The highest BCUT2D eigenvalue weighted by Crippen LogP contribution is 2.27. The number of amides is 1. The third kappa shape index (κ3) is 3.66. The van der Waals surface area contributed by atoms with Crippen LogP contribution in [0.2, 0.25) is 0 Å². The Morgan fingerprint density at radius 2 is 2.36 bits per heavy atom. The zero-order valence-corrected chi connectivity index (χ0v) is 13.2. The molecule has 0 aliphatic carbocycles. The van der Waals surface area contributed by atoms with Crippen LogP contribution in [0.5, 0.6) is 0 Å². The fourth-order valence-electron chi connectivity index (χ4n) is 2.29. The molecule has 0 saturated carbocycles. The van der Waals surface area contributed by atoms with Crippen molar-refractivity contribution in [3.05, 3.63) is 35.7 Å². The fraction of sp³-hybridized carbons (Fsp3) is 0.400. The molecule has 1 saturated heterocycles. The molecule has 1 atom stereocenters. The first-order chi connectivity index (χ1) is 10.7. The van der Waals surface area contributed by atoms with E-state index in [1.54, 1.807) is 0 Å². The van der Waals surface area contributed by atoms with Gasteiger partial charge in [0.05, 0.1) is 5.75 Å². The standard InChI is InChI=1S/C15H18N4O2S/c1-10-5-2-3-6-11(10)16-13(20)9-22-15-17-14(18-19-15)12-7-4-8-21-12/h2-3,5-6,12H,4,7-9H2,1H3,(H,16,20)(H,17,18,19)/t12-/m0/s1. The molecule has 116 valence electrons. The number of carbonyl (C=O) groups excluding carboxylic acids is 1. The molecule has 2 aromatic rings. The molecule has 1 aliphatic heterocycles.